The third-order valence-electron chi connectivity index (χ3n) is 3.15. The highest BCUT2D eigenvalue weighted by molar-refractivity contribution is 6.32. The van der Waals surface area contributed by atoms with Crippen molar-refractivity contribution in [1.82, 2.24) is 4.98 Å². The van der Waals surface area contributed by atoms with Gasteiger partial charge in [-0.25, -0.2) is 0 Å². The molecule has 3 nitrogen and oxygen atoms in total. The normalized spacial score (nSPS) is 10.9. The predicted octanol–water partition coefficient (Wildman–Crippen LogP) is 4.29. The minimum absolute atomic E-state index is 0.168. The molecule has 0 unspecified atom stereocenters. The Labute approximate surface area is 125 Å². The fourth-order valence-electron chi connectivity index (χ4n) is 2.16. The first-order chi connectivity index (χ1) is 9.56. The second-order valence-corrected chi connectivity index (χ2v) is 5.33. The molecule has 0 atom stereocenters. The molecule has 5 heteroatoms. The van der Waals surface area contributed by atoms with Gasteiger partial charge in [0.05, 0.1) is 0 Å². The summed E-state index contributed by atoms with van der Waals surface area (Å²) in [5.74, 6) is -0.168. The van der Waals surface area contributed by atoms with Crippen molar-refractivity contribution >= 4 is 45.6 Å². The summed E-state index contributed by atoms with van der Waals surface area (Å²) in [6.07, 6.45) is 1.66. The molecule has 0 radical (unpaired) electrons. The van der Waals surface area contributed by atoms with Gasteiger partial charge in [-0.1, -0.05) is 29.3 Å². The number of hydrogen-bond donors (Lipinski definition) is 2. The van der Waals surface area contributed by atoms with E-state index < -0.39 is 0 Å². The van der Waals surface area contributed by atoms with E-state index in [1.807, 2.05) is 6.07 Å². The lowest BCUT2D eigenvalue weighted by atomic mass is 10.0. The van der Waals surface area contributed by atoms with Crippen molar-refractivity contribution in [2.45, 2.75) is 0 Å². The average molecular weight is 305 g/mol. The Kier molecular flexibility index (Phi) is 3.16. The molecule has 100 valence electrons. The van der Waals surface area contributed by atoms with Crippen molar-refractivity contribution < 1.29 is 4.79 Å². The summed E-state index contributed by atoms with van der Waals surface area (Å²) in [7, 11) is 0. The molecule has 0 spiro atoms. The molecule has 0 aliphatic heterocycles. The van der Waals surface area contributed by atoms with Crippen LogP contribution in [-0.4, -0.2) is 10.8 Å². The van der Waals surface area contributed by atoms with E-state index >= 15 is 0 Å². The predicted molar refractivity (Wildman–Crippen MR) is 82.6 cm³/mol. The van der Waals surface area contributed by atoms with Gasteiger partial charge >= 0.3 is 0 Å². The van der Waals surface area contributed by atoms with Crippen molar-refractivity contribution in [1.29, 1.82) is 0 Å². The molecular weight excluding hydrogens is 295 g/mol. The number of benzene rings is 2. The maximum absolute atomic E-state index is 12.6. The Morgan fingerprint density at radius 1 is 1.00 bits per heavy atom. The van der Waals surface area contributed by atoms with E-state index in [1.54, 1.807) is 36.5 Å². The number of aromatic amines is 1. The van der Waals surface area contributed by atoms with Gasteiger partial charge in [-0.3, -0.25) is 4.79 Å². The zero-order valence-electron chi connectivity index (χ0n) is 10.3. The maximum Gasteiger partial charge on any atom is 0.197 e. The lowest BCUT2D eigenvalue weighted by Gasteiger charge is -2.04. The molecule has 2 aromatic carbocycles. The number of ketones is 1. The largest absolute Gasteiger partial charge is 0.398 e. The number of nitrogens with two attached hydrogens (primary N) is 1. The number of carbonyl (C=O) groups is 1. The molecule has 0 bridgehead atoms. The van der Waals surface area contributed by atoms with Gasteiger partial charge in [0.2, 0.25) is 0 Å². The Morgan fingerprint density at radius 2 is 1.70 bits per heavy atom. The van der Waals surface area contributed by atoms with Crippen LogP contribution >= 0.6 is 23.2 Å². The quantitative estimate of drug-likeness (QED) is 0.548. The van der Waals surface area contributed by atoms with Crippen LogP contribution in [0, 0.1) is 0 Å². The van der Waals surface area contributed by atoms with Crippen LogP contribution in [-0.2, 0) is 0 Å². The molecular formula is C15H10Cl2N2O. The highest BCUT2D eigenvalue weighted by Gasteiger charge is 2.17. The van der Waals surface area contributed by atoms with E-state index in [-0.39, 0.29) is 5.78 Å². The summed E-state index contributed by atoms with van der Waals surface area (Å²) in [5.41, 5.74) is 8.01. The molecule has 3 rings (SSSR count). The van der Waals surface area contributed by atoms with Crippen molar-refractivity contribution in [3.8, 4) is 0 Å². The topological polar surface area (TPSA) is 58.9 Å². The molecule has 1 aromatic heterocycles. The Hall–Kier alpha value is -1.97. The summed E-state index contributed by atoms with van der Waals surface area (Å²) in [4.78, 5) is 15.6. The number of fused-ring (bicyclic) bond motifs is 1. The van der Waals surface area contributed by atoms with Crippen LogP contribution in [0.5, 0.6) is 0 Å². The van der Waals surface area contributed by atoms with E-state index in [2.05, 4.69) is 4.98 Å². The molecule has 3 aromatic rings. The first kappa shape index (κ1) is 13.0. The van der Waals surface area contributed by atoms with Crippen LogP contribution in [0.3, 0.4) is 0 Å². The van der Waals surface area contributed by atoms with Gasteiger partial charge in [-0.15, -0.1) is 0 Å². The SMILES string of the molecule is Nc1ccc(Cl)cc1C(=O)c1c[nH]c2cc(Cl)ccc12. The third kappa shape index (κ3) is 2.15. The minimum Gasteiger partial charge on any atom is -0.398 e. The molecule has 20 heavy (non-hydrogen) atoms. The second kappa shape index (κ2) is 4.85. The van der Waals surface area contributed by atoms with Crippen molar-refractivity contribution in [2.24, 2.45) is 0 Å². The first-order valence-corrected chi connectivity index (χ1v) is 6.68. The number of H-pyrrole nitrogens is 1. The molecule has 3 N–H and O–H groups in total. The molecule has 0 saturated carbocycles. The van der Waals surface area contributed by atoms with Crippen LogP contribution in [0.2, 0.25) is 10.0 Å². The van der Waals surface area contributed by atoms with Gasteiger partial charge < -0.3 is 10.7 Å². The van der Waals surface area contributed by atoms with Gasteiger partial charge in [0.15, 0.2) is 5.78 Å². The minimum atomic E-state index is -0.168. The number of nitrogen functional groups attached to an aromatic ring is 1. The molecule has 0 aliphatic rings. The Morgan fingerprint density at radius 3 is 2.50 bits per heavy atom. The van der Waals surface area contributed by atoms with Gasteiger partial charge in [0.1, 0.15) is 0 Å². The van der Waals surface area contributed by atoms with Gasteiger partial charge in [0.25, 0.3) is 0 Å². The summed E-state index contributed by atoms with van der Waals surface area (Å²) in [5, 5.41) is 1.89. The zero-order chi connectivity index (χ0) is 14.3. The van der Waals surface area contributed by atoms with E-state index in [4.69, 9.17) is 28.9 Å². The third-order valence-corrected chi connectivity index (χ3v) is 3.62. The van der Waals surface area contributed by atoms with Crippen molar-refractivity contribution in [2.75, 3.05) is 5.73 Å². The number of halogens is 2. The summed E-state index contributed by atoms with van der Waals surface area (Å²) < 4.78 is 0. The van der Waals surface area contributed by atoms with Crippen LogP contribution in [0.1, 0.15) is 15.9 Å². The Bertz CT molecular complexity index is 824. The molecule has 1 heterocycles. The van der Waals surface area contributed by atoms with Crippen LogP contribution in [0.15, 0.2) is 42.6 Å². The number of carbonyl (C=O) groups excluding carboxylic acids is 1. The maximum atomic E-state index is 12.6. The first-order valence-electron chi connectivity index (χ1n) is 5.92. The lowest BCUT2D eigenvalue weighted by Crippen LogP contribution is -2.04. The Balaban J connectivity index is 2.15. The number of aromatic nitrogens is 1. The standard InChI is InChI=1S/C15H10Cl2N2O/c16-8-2-4-13(18)11(5-8)15(20)12-7-19-14-6-9(17)1-3-10(12)14/h1-7,19H,18H2. The number of nitrogens with one attached hydrogen (secondary N) is 1. The van der Waals surface area contributed by atoms with Gasteiger partial charge in [-0.2, -0.15) is 0 Å². The highest BCUT2D eigenvalue weighted by Crippen LogP contribution is 2.27. The van der Waals surface area contributed by atoms with Crippen LogP contribution in [0.4, 0.5) is 5.69 Å². The molecule has 0 aliphatic carbocycles. The van der Waals surface area contributed by atoms with Crippen LogP contribution in [0.25, 0.3) is 10.9 Å². The molecule has 0 saturated heterocycles. The van der Waals surface area contributed by atoms with Crippen LogP contribution < -0.4 is 5.73 Å². The second-order valence-electron chi connectivity index (χ2n) is 4.45. The average Bonchev–Trinajstić information content (AvgIpc) is 2.83. The van der Waals surface area contributed by atoms with Gasteiger partial charge in [-0.05, 0) is 30.3 Å². The van der Waals surface area contributed by atoms with Crippen molar-refractivity contribution in [3.05, 3.63) is 63.8 Å². The number of anilines is 1. The number of hydrogen-bond acceptors (Lipinski definition) is 2. The fraction of sp³-hybridized carbons (Fsp3) is 0. The fourth-order valence-corrected chi connectivity index (χ4v) is 2.50. The summed E-state index contributed by atoms with van der Waals surface area (Å²) in [6.45, 7) is 0. The van der Waals surface area contributed by atoms with E-state index in [1.165, 1.54) is 0 Å². The molecule has 0 fully saturated rings. The monoisotopic (exact) mass is 304 g/mol. The number of rotatable bonds is 2. The van der Waals surface area contributed by atoms with E-state index in [0.29, 0.717) is 26.9 Å². The molecule has 0 amide bonds. The van der Waals surface area contributed by atoms with Crippen molar-refractivity contribution in [3.63, 3.8) is 0 Å². The summed E-state index contributed by atoms with van der Waals surface area (Å²) >= 11 is 11.9. The van der Waals surface area contributed by atoms with Gasteiger partial charge in [0, 0.05) is 44.0 Å². The lowest BCUT2D eigenvalue weighted by molar-refractivity contribution is 0.104. The zero-order valence-corrected chi connectivity index (χ0v) is 11.8. The van der Waals surface area contributed by atoms with E-state index in [0.717, 1.165) is 10.9 Å². The smallest absolute Gasteiger partial charge is 0.197 e. The highest BCUT2D eigenvalue weighted by atomic mass is 35.5. The summed E-state index contributed by atoms with van der Waals surface area (Å²) in [6, 6.07) is 10.2. The van der Waals surface area contributed by atoms with E-state index in [9.17, 15) is 4.79 Å².